The highest BCUT2D eigenvalue weighted by molar-refractivity contribution is 6.29. The highest BCUT2D eigenvalue weighted by atomic mass is 35.5. The molecule has 2 heterocycles. The van der Waals surface area contributed by atoms with E-state index < -0.39 is 4.92 Å². The number of aryl methyl sites for hydroxylation is 1. The Morgan fingerprint density at radius 2 is 2.29 bits per heavy atom. The van der Waals surface area contributed by atoms with E-state index >= 15 is 0 Å². The van der Waals surface area contributed by atoms with Crippen LogP contribution in [0.1, 0.15) is 0 Å². The van der Waals surface area contributed by atoms with E-state index in [2.05, 4.69) is 10.1 Å². The van der Waals surface area contributed by atoms with E-state index in [-0.39, 0.29) is 16.7 Å². The van der Waals surface area contributed by atoms with Crippen LogP contribution in [0.25, 0.3) is 0 Å². The Kier molecular flexibility index (Phi) is 2.92. The molecule has 88 valence electrons. The van der Waals surface area contributed by atoms with Crippen molar-refractivity contribution in [3.05, 3.63) is 39.8 Å². The molecule has 0 N–H and O–H groups in total. The second-order valence-corrected chi connectivity index (χ2v) is 3.55. The van der Waals surface area contributed by atoms with Gasteiger partial charge in [-0.05, 0) is 6.07 Å². The van der Waals surface area contributed by atoms with Gasteiger partial charge >= 0.3 is 11.6 Å². The molecular weight excluding hydrogens is 248 g/mol. The molecule has 2 aromatic rings. The fourth-order valence-corrected chi connectivity index (χ4v) is 1.33. The van der Waals surface area contributed by atoms with Crippen LogP contribution in [0.4, 0.5) is 5.69 Å². The highest BCUT2D eigenvalue weighted by Gasteiger charge is 2.18. The molecule has 2 rings (SSSR count). The average molecular weight is 255 g/mol. The van der Waals surface area contributed by atoms with Gasteiger partial charge in [-0.3, -0.25) is 14.8 Å². The number of aromatic nitrogens is 3. The maximum atomic E-state index is 10.8. The molecule has 0 amide bonds. The molecule has 0 unspecified atom stereocenters. The van der Waals surface area contributed by atoms with Crippen molar-refractivity contribution < 1.29 is 9.66 Å². The van der Waals surface area contributed by atoms with Gasteiger partial charge < -0.3 is 4.74 Å². The van der Waals surface area contributed by atoms with Crippen LogP contribution in [0.15, 0.2) is 24.5 Å². The van der Waals surface area contributed by atoms with Crippen molar-refractivity contribution in [3.63, 3.8) is 0 Å². The van der Waals surface area contributed by atoms with Gasteiger partial charge in [-0.25, -0.2) is 0 Å². The van der Waals surface area contributed by atoms with Gasteiger partial charge in [0.2, 0.25) is 0 Å². The zero-order chi connectivity index (χ0) is 12.4. The second kappa shape index (κ2) is 4.38. The lowest BCUT2D eigenvalue weighted by Gasteiger charge is -2.02. The normalized spacial score (nSPS) is 10.2. The van der Waals surface area contributed by atoms with E-state index in [9.17, 15) is 10.1 Å². The molecule has 2 aromatic heterocycles. The minimum atomic E-state index is -0.588. The van der Waals surface area contributed by atoms with E-state index in [1.165, 1.54) is 23.0 Å². The highest BCUT2D eigenvalue weighted by Crippen LogP contribution is 2.30. The van der Waals surface area contributed by atoms with Crippen molar-refractivity contribution in [2.45, 2.75) is 0 Å². The Labute approximate surface area is 101 Å². The first-order valence-electron chi connectivity index (χ1n) is 4.53. The summed E-state index contributed by atoms with van der Waals surface area (Å²) in [5.41, 5.74) is -0.252. The van der Waals surface area contributed by atoms with Crippen LogP contribution >= 0.6 is 11.6 Å². The van der Waals surface area contributed by atoms with Crippen molar-refractivity contribution in [2.24, 2.45) is 7.05 Å². The first kappa shape index (κ1) is 11.3. The first-order valence-corrected chi connectivity index (χ1v) is 4.91. The minimum Gasteiger partial charge on any atom is -0.430 e. The third-order valence-corrected chi connectivity index (χ3v) is 2.11. The number of hydrogen-bond acceptors (Lipinski definition) is 5. The third-order valence-electron chi connectivity index (χ3n) is 1.90. The number of nitro groups is 1. The number of halogens is 1. The minimum absolute atomic E-state index is 0.120. The van der Waals surface area contributed by atoms with E-state index in [1.54, 1.807) is 13.2 Å². The monoisotopic (exact) mass is 254 g/mol. The summed E-state index contributed by atoms with van der Waals surface area (Å²) >= 11 is 5.66. The van der Waals surface area contributed by atoms with Crippen molar-refractivity contribution in [3.8, 4) is 11.6 Å². The van der Waals surface area contributed by atoms with Crippen LogP contribution in [0.5, 0.6) is 11.6 Å². The van der Waals surface area contributed by atoms with Crippen LogP contribution in [-0.4, -0.2) is 19.7 Å². The summed E-state index contributed by atoms with van der Waals surface area (Å²) < 4.78 is 6.76. The first-order chi connectivity index (χ1) is 8.06. The quantitative estimate of drug-likeness (QED) is 0.476. The van der Waals surface area contributed by atoms with Gasteiger partial charge in [-0.1, -0.05) is 11.6 Å². The van der Waals surface area contributed by atoms with Crippen LogP contribution < -0.4 is 4.74 Å². The largest absolute Gasteiger partial charge is 0.430 e. The summed E-state index contributed by atoms with van der Waals surface area (Å²) in [5.74, 6) is 0.195. The van der Waals surface area contributed by atoms with Crippen LogP contribution in [-0.2, 0) is 7.05 Å². The Balaban J connectivity index is 2.37. The van der Waals surface area contributed by atoms with Crippen molar-refractivity contribution >= 4 is 17.3 Å². The molecule has 0 fully saturated rings. The maximum Gasteiger partial charge on any atom is 0.331 e. The number of nitrogens with zero attached hydrogens (tertiary/aromatic N) is 4. The van der Waals surface area contributed by atoms with Gasteiger partial charge in [0.1, 0.15) is 5.15 Å². The zero-order valence-electron chi connectivity index (χ0n) is 8.70. The van der Waals surface area contributed by atoms with Gasteiger partial charge in [0.05, 0.1) is 17.3 Å². The second-order valence-electron chi connectivity index (χ2n) is 3.17. The molecule has 8 heteroatoms. The Morgan fingerprint density at radius 1 is 1.53 bits per heavy atom. The number of ether oxygens (including phenoxy) is 1. The van der Waals surface area contributed by atoms with Crippen LogP contribution in [0.2, 0.25) is 5.15 Å². The molecule has 0 aromatic carbocycles. The lowest BCUT2D eigenvalue weighted by molar-refractivity contribution is -0.386. The summed E-state index contributed by atoms with van der Waals surface area (Å²) in [6.07, 6.45) is 2.98. The topological polar surface area (TPSA) is 83.1 Å². The molecule has 0 aliphatic carbocycles. The summed E-state index contributed by atoms with van der Waals surface area (Å²) in [6.45, 7) is 0. The molecule has 0 radical (unpaired) electrons. The van der Waals surface area contributed by atoms with Gasteiger partial charge in [0.15, 0.2) is 5.75 Å². The van der Waals surface area contributed by atoms with Crippen LogP contribution in [0.3, 0.4) is 0 Å². The van der Waals surface area contributed by atoms with Gasteiger partial charge in [-0.2, -0.15) is 10.1 Å². The summed E-state index contributed by atoms with van der Waals surface area (Å²) in [5, 5.41) is 14.7. The predicted octanol–water partition coefficient (Wildman–Crippen LogP) is 2.17. The van der Waals surface area contributed by atoms with Crippen molar-refractivity contribution in [2.75, 3.05) is 0 Å². The standard InChI is InChI=1S/C9H7ClN4O3/c1-13-5-6(4-11-13)17-9-7(14(15)16)2-3-8(10)12-9/h2-5H,1H3. The van der Waals surface area contributed by atoms with E-state index in [1.807, 2.05) is 0 Å². The number of hydrogen-bond donors (Lipinski definition) is 0. The average Bonchev–Trinajstić information content (AvgIpc) is 2.63. The molecule has 7 nitrogen and oxygen atoms in total. The molecule has 17 heavy (non-hydrogen) atoms. The van der Waals surface area contributed by atoms with Gasteiger partial charge in [-0.15, -0.1) is 0 Å². The smallest absolute Gasteiger partial charge is 0.331 e. The summed E-state index contributed by atoms with van der Waals surface area (Å²) in [6, 6.07) is 2.57. The number of rotatable bonds is 3. The van der Waals surface area contributed by atoms with Crippen molar-refractivity contribution in [1.82, 2.24) is 14.8 Å². The van der Waals surface area contributed by atoms with Gasteiger partial charge in [0, 0.05) is 13.1 Å². The molecule has 0 bridgehead atoms. The maximum absolute atomic E-state index is 10.8. The fourth-order valence-electron chi connectivity index (χ4n) is 1.19. The lowest BCUT2D eigenvalue weighted by atomic mass is 10.4. The molecule has 0 aliphatic heterocycles. The fraction of sp³-hybridized carbons (Fsp3) is 0.111. The molecule has 0 aliphatic rings. The van der Waals surface area contributed by atoms with E-state index in [0.717, 1.165) is 0 Å². The van der Waals surface area contributed by atoms with Crippen LogP contribution in [0, 0.1) is 10.1 Å². The SMILES string of the molecule is Cn1cc(Oc2nc(Cl)ccc2[N+](=O)[O-])cn1. The van der Waals surface area contributed by atoms with E-state index in [0.29, 0.717) is 5.75 Å². The van der Waals surface area contributed by atoms with E-state index in [4.69, 9.17) is 16.3 Å². The van der Waals surface area contributed by atoms with Crippen molar-refractivity contribution in [1.29, 1.82) is 0 Å². The molecule has 0 saturated heterocycles. The molecular formula is C9H7ClN4O3. The lowest BCUT2D eigenvalue weighted by Crippen LogP contribution is -1.95. The Hall–Kier alpha value is -2.15. The van der Waals surface area contributed by atoms with Gasteiger partial charge in [0.25, 0.3) is 0 Å². The third kappa shape index (κ3) is 2.51. The molecule has 0 atom stereocenters. The summed E-state index contributed by atoms with van der Waals surface area (Å²) in [4.78, 5) is 13.9. The Bertz CT molecular complexity index is 569. The zero-order valence-corrected chi connectivity index (χ0v) is 9.46. The predicted molar refractivity (Wildman–Crippen MR) is 59.2 cm³/mol. The number of pyridine rings is 1. The molecule has 0 saturated carbocycles. The molecule has 0 spiro atoms. The Morgan fingerprint density at radius 3 is 2.88 bits per heavy atom. The summed E-state index contributed by atoms with van der Waals surface area (Å²) in [7, 11) is 1.70.